The Morgan fingerprint density at radius 3 is 0.903 bits per heavy atom. The molecule has 0 spiro atoms. The van der Waals surface area contributed by atoms with Gasteiger partial charge in [-0.25, -0.2) is 44.0 Å². The number of esters is 4. The molecule has 6 bridgehead atoms. The maximum absolute atomic E-state index is 13.8. The number of hydrogen-bond acceptors (Lipinski definition) is 11. The van der Waals surface area contributed by atoms with Gasteiger partial charge >= 0.3 is 23.9 Å². The molecule has 10 rings (SSSR count). The van der Waals surface area contributed by atoms with Gasteiger partial charge in [-0.15, -0.1) is 0 Å². The number of aliphatic imine (C=N–C) groups is 2. The summed E-state index contributed by atoms with van der Waals surface area (Å²) in [4.78, 5) is 66.2. The molecule has 93 heavy (non-hydrogen) atoms. The zero-order chi connectivity index (χ0) is 65.4. The van der Waals surface area contributed by atoms with E-state index in [4.69, 9.17) is 28.9 Å². The number of hydrogen-bond donors (Lipinski definition) is 1. The van der Waals surface area contributed by atoms with Crippen LogP contribution >= 0.6 is 0 Å². The summed E-state index contributed by atoms with van der Waals surface area (Å²) in [6.45, 7) is 18.7. The standard InChI is InChI=1S/C80H93N5O8/c1-9-17-21-53(13-5)49-90-77(86)61-33-25-57(26-34-61)73-65-41-42-66(81-65)74(58-27-35-62(36-28-58)78(87)91-50-54(14-6)22-18-10-2)71-47-48-72-76(60-31-39-64(40-32-60)80(89)93-52-56(16-8)24-20-12-4)68-44-43-67(82-68)75(70-46-45-69(73)84(70)83-85(71)72)59-29-37-63(38-30-59)79(88)92-51-55(15-7)23-19-11-3/h25-48,53-56,83H,9-24,49-52H2,1-8H3/b73-65-,73-69?,74-66?,74-71-,75-67-,75-70?,76-68?,76-72+. The van der Waals surface area contributed by atoms with Crippen molar-refractivity contribution in [3.8, 4) is 0 Å². The second-order valence-corrected chi connectivity index (χ2v) is 25.3. The van der Waals surface area contributed by atoms with Crippen molar-refractivity contribution in [1.29, 1.82) is 0 Å². The normalized spacial score (nSPS) is 17.8. The molecule has 6 aromatic rings. The van der Waals surface area contributed by atoms with E-state index in [1.807, 2.05) is 121 Å². The van der Waals surface area contributed by atoms with Crippen molar-refractivity contribution < 1.29 is 38.1 Å². The Hall–Kier alpha value is -8.84. The molecule has 2 aromatic heterocycles. The Morgan fingerprint density at radius 2 is 0.634 bits per heavy atom. The molecule has 0 amide bonds. The molecule has 1 N–H and O–H groups in total. The molecule has 13 heteroatoms. The number of fused-ring (bicyclic) bond motifs is 2. The lowest BCUT2D eigenvalue weighted by Crippen LogP contribution is -2.42. The van der Waals surface area contributed by atoms with Crippen LogP contribution in [0.4, 0.5) is 0 Å². The lowest BCUT2D eigenvalue weighted by atomic mass is 9.98. The molecule has 4 aliphatic rings. The first-order chi connectivity index (χ1) is 45.4. The van der Waals surface area contributed by atoms with Gasteiger partial charge in [-0.2, -0.15) is 0 Å². The molecule has 0 fully saturated rings. The number of ether oxygens (including phenoxy) is 4. The summed E-state index contributed by atoms with van der Waals surface area (Å²) in [5, 5.41) is 1.51. The third-order valence-corrected chi connectivity index (χ3v) is 18.9. The van der Waals surface area contributed by atoms with Gasteiger partial charge in [-0.05, 0) is 169 Å². The minimum atomic E-state index is -0.368. The second kappa shape index (κ2) is 32.1. The smallest absolute Gasteiger partial charge is 0.338 e. The number of rotatable bonds is 32. The number of allylic oxidation sites excluding steroid dienone is 4. The van der Waals surface area contributed by atoms with Crippen LogP contribution in [0.2, 0.25) is 0 Å². The highest BCUT2D eigenvalue weighted by Crippen LogP contribution is 2.39. The predicted octanol–water partition coefficient (Wildman–Crippen LogP) is 16.8. The highest BCUT2D eigenvalue weighted by molar-refractivity contribution is 6.32. The van der Waals surface area contributed by atoms with Gasteiger partial charge in [0.1, 0.15) is 0 Å². The number of nitrogens with zero attached hydrogens (tertiary/aromatic N) is 4. The molecule has 4 atom stereocenters. The van der Waals surface area contributed by atoms with Crippen LogP contribution in [0.25, 0.3) is 22.3 Å². The van der Waals surface area contributed by atoms with Crippen LogP contribution in [0.15, 0.2) is 167 Å². The Morgan fingerprint density at radius 1 is 0.355 bits per heavy atom. The fourth-order valence-corrected chi connectivity index (χ4v) is 12.8. The van der Waals surface area contributed by atoms with E-state index < -0.39 is 0 Å². The number of nitrogens with one attached hydrogen (secondary N) is 1. The van der Waals surface area contributed by atoms with E-state index in [9.17, 15) is 19.2 Å². The molecule has 4 aromatic carbocycles. The molecular weight excluding hydrogens is 1160 g/mol. The summed E-state index contributed by atoms with van der Waals surface area (Å²) in [5.41, 5.74) is 16.4. The molecule has 0 saturated heterocycles. The van der Waals surface area contributed by atoms with Crippen LogP contribution in [0, 0.1) is 23.7 Å². The first-order valence-corrected chi connectivity index (χ1v) is 34.5. The van der Waals surface area contributed by atoms with Gasteiger partial charge in [0, 0.05) is 22.3 Å². The molecular formula is C80H93N5O8. The molecule has 486 valence electrons. The largest absolute Gasteiger partial charge is 0.462 e. The Labute approximate surface area is 549 Å². The summed E-state index contributed by atoms with van der Waals surface area (Å²) in [6.07, 6.45) is 24.6. The van der Waals surface area contributed by atoms with Gasteiger partial charge in [0.05, 0.1) is 93.6 Å². The Balaban J connectivity index is 1.16. The van der Waals surface area contributed by atoms with Crippen molar-refractivity contribution in [3.05, 3.63) is 224 Å². The van der Waals surface area contributed by atoms with Crippen LogP contribution in [-0.2, 0) is 18.9 Å². The number of carbonyl (C=O) groups is 4. The van der Waals surface area contributed by atoms with E-state index in [-0.39, 0.29) is 23.9 Å². The Bertz CT molecular complexity index is 3710. The monoisotopic (exact) mass is 1250 g/mol. The van der Waals surface area contributed by atoms with Crippen LogP contribution < -0.4 is 16.2 Å². The van der Waals surface area contributed by atoms with E-state index >= 15 is 0 Å². The second-order valence-electron chi connectivity index (χ2n) is 25.3. The van der Waals surface area contributed by atoms with Crippen molar-refractivity contribution in [1.82, 2.24) is 9.35 Å². The lowest BCUT2D eigenvalue weighted by Gasteiger charge is -2.24. The van der Waals surface area contributed by atoms with Gasteiger partial charge in [0.2, 0.25) is 0 Å². The summed E-state index contributed by atoms with van der Waals surface area (Å²) in [7, 11) is 0. The maximum Gasteiger partial charge on any atom is 0.338 e. The summed E-state index contributed by atoms with van der Waals surface area (Å²) in [6, 6.07) is 38.6. The van der Waals surface area contributed by atoms with Gasteiger partial charge < -0.3 is 18.9 Å². The van der Waals surface area contributed by atoms with E-state index in [0.717, 1.165) is 169 Å². The zero-order valence-corrected chi connectivity index (χ0v) is 55.9. The number of benzene rings is 4. The molecule has 4 aliphatic heterocycles. The van der Waals surface area contributed by atoms with Crippen LogP contribution in [0.5, 0.6) is 0 Å². The average molecular weight is 1250 g/mol. The summed E-state index contributed by atoms with van der Waals surface area (Å²) in [5.74, 6) is -0.289. The molecule has 0 aliphatic carbocycles. The van der Waals surface area contributed by atoms with E-state index in [0.29, 0.717) is 95.2 Å². The minimum Gasteiger partial charge on any atom is -0.462 e. The van der Waals surface area contributed by atoms with Crippen molar-refractivity contribution in [2.45, 2.75) is 158 Å². The van der Waals surface area contributed by atoms with E-state index in [1.54, 1.807) is 0 Å². The van der Waals surface area contributed by atoms with Crippen molar-refractivity contribution in [2.24, 2.45) is 33.7 Å². The summed E-state index contributed by atoms with van der Waals surface area (Å²) >= 11 is 0. The minimum absolute atomic E-state index is 0.295. The van der Waals surface area contributed by atoms with Crippen molar-refractivity contribution in [3.63, 3.8) is 0 Å². The SMILES string of the molecule is CCCCC(CC)COC(=O)c1ccc(/C2=C3\C=CC(=N3)/C(c3ccc(C(=O)OCC(CC)CCCC)cc3)=c3/cc/c4n3Nn3c2ccc3/C(c2ccc(C(=O)OCC(CC)CCCC)cc2)=C2/C=CC(=N2)/C=4c2ccc(C(=O)OCC(CC)CCCC)cc2)cc1. The molecule has 13 nitrogen and oxygen atoms in total. The first-order valence-electron chi connectivity index (χ1n) is 34.5. The third-order valence-electron chi connectivity index (χ3n) is 18.9. The Kier molecular flexibility index (Phi) is 23.2. The fourth-order valence-electron chi connectivity index (χ4n) is 12.8. The number of aromatic nitrogens is 2. The van der Waals surface area contributed by atoms with Gasteiger partial charge in [0.25, 0.3) is 0 Å². The zero-order valence-electron chi connectivity index (χ0n) is 55.9. The highest BCUT2D eigenvalue weighted by Gasteiger charge is 2.30. The topological polar surface area (TPSA) is 152 Å². The first kappa shape index (κ1) is 67.1. The van der Waals surface area contributed by atoms with Crippen molar-refractivity contribution >= 4 is 57.6 Å². The van der Waals surface area contributed by atoms with Crippen LogP contribution in [0.1, 0.15) is 233 Å². The number of unbranched alkanes of at least 4 members (excludes halogenated alkanes) is 4. The quantitative estimate of drug-likeness (QED) is 0.0321. The molecule has 4 unspecified atom stereocenters. The third kappa shape index (κ3) is 15.6. The summed E-state index contributed by atoms with van der Waals surface area (Å²) < 4.78 is 28.0. The average Bonchev–Trinajstić information content (AvgIpc) is 1.60. The van der Waals surface area contributed by atoms with Crippen LogP contribution in [0.3, 0.4) is 0 Å². The van der Waals surface area contributed by atoms with E-state index in [1.165, 1.54) is 0 Å². The predicted molar refractivity (Wildman–Crippen MR) is 373 cm³/mol. The number of carbonyl (C=O) groups excluding carboxylic acids is 4. The van der Waals surface area contributed by atoms with Gasteiger partial charge in [0.15, 0.2) is 0 Å². The molecule has 0 saturated carbocycles. The lowest BCUT2D eigenvalue weighted by molar-refractivity contribution is 0.0419. The van der Waals surface area contributed by atoms with Gasteiger partial charge in [-0.1, -0.05) is 181 Å². The highest BCUT2D eigenvalue weighted by atomic mass is 16.5. The molecule has 6 heterocycles. The van der Waals surface area contributed by atoms with Crippen LogP contribution in [-0.4, -0.2) is 71.1 Å². The maximum atomic E-state index is 13.8. The van der Waals surface area contributed by atoms with Crippen molar-refractivity contribution in [2.75, 3.05) is 32.0 Å². The van der Waals surface area contributed by atoms with E-state index in [2.05, 4.69) is 94.5 Å². The van der Waals surface area contributed by atoms with Gasteiger partial charge in [-0.3, -0.25) is 0 Å². The fraction of sp³-hybridized carbons (Fsp3) is 0.400. The molecule has 0 radical (unpaired) electrons.